The van der Waals surface area contributed by atoms with Crippen LogP contribution in [0, 0.1) is 17.8 Å². The summed E-state index contributed by atoms with van der Waals surface area (Å²) < 4.78 is 21.8. The predicted octanol–water partition coefficient (Wildman–Crippen LogP) is 1.84. The summed E-state index contributed by atoms with van der Waals surface area (Å²) in [4.78, 5) is 24.7. The summed E-state index contributed by atoms with van der Waals surface area (Å²) in [6.45, 7) is 4.56. The summed E-state index contributed by atoms with van der Waals surface area (Å²) >= 11 is 0. The topological polar surface area (TPSA) is 77.7 Å². The van der Waals surface area contributed by atoms with Crippen LogP contribution in [0.1, 0.15) is 46.0 Å². The molecule has 2 aliphatic heterocycles. The van der Waals surface area contributed by atoms with Gasteiger partial charge in [0.05, 0.1) is 49.0 Å². The second-order valence-corrected chi connectivity index (χ2v) is 8.28. The lowest BCUT2D eigenvalue weighted by Gasteiger charge is -2.29. The van der Waals surface area contributed by atoms with Crippen LogP contribution in [0.25, 0.3) is 0 Å². The first-order valence-corrected chi connectivity index (χ1v) is 8.95. The number of methoxy groups -OCH3 is 1. The molecule has 0 radical (unpaired) electrons. The Balaban J connectivity index is 1.33. The highest BCUT2D eigenvalue weighted by Crippen LogP contribution is 2.52. The van der Waals surface area contributed by atoms with Gasteiger partial charge >= 0.3 is 11.9 Å². The third kappa shape index (κ3) is 2.73. The van der Waals surface area contributed by atoms with Gasteiger partial charge in [-0.15, -0.1) is 0 Å². The first kappa shape index (κ1) is 16.3. The first-order chi connectivity index (χ1) is 11.3. The maximum absolute atomic E-state index is 12.6. The highest BCUT2D eigenvalue weighted by atomic mass is 16.6. The van der Waals surface area contributed by atoms with E-state index in [1.54, 1.807) is 0 Å². The van der Waals surface area contributed by atoms with Gasteiger partial charge in [-0.25, -0.2) is 0 Å². The lowest BCUT2D eigenvalue weighted by molar-refractivity contribution is -0.162. The third-order valence-electron chi connectivity index (χ3n) is 6.51. The van der Waals surface area contributed by atoms with Crippen LogP contribution in [0.2, 0.25) is 0 Å². The van der Waals surface area contributed by atoms with Crippen molar-refractivity contribution in [1.29, 1.82) is 0 Å². The quantitative estimate of drug-likeness (QED) is 0.575. The minimum atomic E-state index is -0.465. The van der Waals surface area contributed by atoms with Gasteiger partial charge < -0.3 is 18.9 Å². The Morgan fingerprint density at radius 2 is 1.75 bits per heavy atom. The molecule has 7 atom stereocenters. The molecule has 4 rings (SSSR count). The van der Waals surface area contributed by atoms with E-state index in [2.05, 4.69) is 6.92 Å². The number of epoxide rings is 2. The number of fused-ring (bicyclic) bond motifs is 2. The lowest BCUT2D eigenvalue weighted by Crippen LogP contribution is -2.40. The van der Waals surface area contributed by atoms with Crippen molar-refractivity contribution in [3.63, 3.8) is 0 Å². The molecule has 0 bridgehead atoms. The van der Waals surface area contributed by atoms with Crippen molar-refractivity contribution in [2.45, 2.75) is 69.4 Å². The number of hydrogen-bond acceptors (Lipinski definition) is 6. The fourth-order valence-electron chi connectivity index (χ4n) is 4.58. The molecule has 0 spiro atoms. The van der Waals surface area contributed by atoms with Crippen molar-refractivity contribution < 1.29 is 28.5 Å². The molecule has 0 aromatic carbocycles. The van der Waals surface area contributed by atoms with Gasteiger partial charge in [0.2, 0.25) is 0 Å². The van der Waals surface area contributed by atoms with E-state index in [-0.39, 0.29) is 29.2 Å². The Bertz CT molecular complexity index is 562. The standard InChI is InChI=1S/C18H26O6/c1-17-5-4-10(6-13(17)23-17)9-22-16(20)11-7-14-18(2,24-14)8-12(11)15(19)21-3/h10-14H,4-9H2,1-3H3/t10?,11?,12?,13?,14-,17?,18?/m1/s1. The molecule has 0 N–H and O–H groups in total. The Morgan fingerprint density at radius 1 is 1.04 bits per heavy atom. The van der Waals surface area contributed by atoms with E-state index >= 15 is 0 Å². The number of hydrogen-bond donors (Lipinski definition) is 0. The van der Waals surface area contributed by atoms with Gasteiger partial charge in [0.1, 0.15) is 0 Å². The van der Waals surface area contributed by atoms with Gasteiger partial charge in [0.25, 0.3) is 0 Å². The van der Waals surface area contributed by atoms with Gasteiger partial charge in [-0.3, -0.25) is 9.59 Å². The molecule has 134 valence electrons. The second-order valence-electron chi connectivity index (χ2n) is 8.28. The number of esters is 2. The second kappa shape index (κ2) is 5.43. The molecular weight excluding hydrogens is 312 g/mol. The van der Waals surface area contributed by atoms with E-state index in [0.29, 0.717) is 31.5 Å². The van der Waals surface area contributed by atoms with E-state index in [1.807, 2.05) is 6.92 Å². The average Bonchev–Trinajstić information content (AvgIpc) is 3.42. The summed E-state index contributed by atoms with van der Waals surface area (Å²) in [7, 11) is 1.36. The van der Waals surface area contributed by atoms with Crippen LogP contribution in [-0.2, 0) is 28.5 Å². The summed E-state index contributed by atoms with van der Waals surface area (Å²) in [5.74, 6) is -1.19. The molecule has 0 aromatic rings. The number of rotatable bonds is 4. The predicted molar refractivity (Wildman–Crippen MR) is 83.1 cm³/mol. The average molecular weight is 338 g/mol. The van der Waals surface area contributed by atoms with E-state index in [4.69, 9.17) is 18.9 Å². The Kier molecular flexibility index (Phi) is 3.69. The molecule has 4 aliphatic rings. The minimum absolute atomic E-state index is 0.0613. The van der Waals surface area contributed by atoms with Crippen LogP contribution >= 0.6 is 0 Å². The van der Waals surface area contributed by atoms with Gasteiger partial charge in [-0.1, -0.05) is 0 Å². The Labute approximate surface area is 142 Å². The highest BCUT2D eigenvalue weighted by Gasteiger charge is 2.61. The molecule has 0 amide bonds. The first-order valence-electron chi connectivity index (χ1n) is 8.95. The normalized spacial score (nSPS) is 48.7. The van der Waals surface area contributed by atoms with Crippen molar-refractivity contribution in [2.24, 2.45) is 17.8 Å². The summed E-state index contributed by atoms with van der Waals surface area (Å²) in [6.07, 6.45) is 4.47. The molecule has 6 nitrogen and oxygen atoms in total. The van der Waals surface area contributed by atoms with Crippen LogP contribution < -0.4 is 0 Å². The van der Waals surface area contributed by atoms with E-state index in [1.165, 1.54) is 7.11 Å². The SMILES string of the molecule is COC(=O)C1CC2(C)O[C@@H]2CC1C(=O)OCC1CCC2(C)OC2C1. The Morgan fingerprint density at radius 3 is 2.46 bits per heavy atom. The van der Waals surface area contributed by atoms with Crippen molar-refractivity contribution in [3.8, 4) is 0 Å². The molecule has 2 saturated heterocycles. The van der Waals surface area contributed by atoms with Gasteiger partial charge in [0.15, 0.2) is 0 Å². The zero-order chi connectivity index (χ0) is 17.1. The van der Waals surface area contributed by atoms with Crippen LogP contribution in [0.3, 0.4) is 0 Å². The lowest BCUT2D eigenvalue weighted by atomic mass is 9.74. The van der Waals surface area contributed by atoms with E-state index in [9.17, 15) is 9.59 Å². The van der Waals surface area contributed by atoms with Crippen LogP contribution in [0.5, 0.6) is 0 Å². The van der Waals surface area contributed by atoms with Gasteiger partial charge in [-0.05, 0) is 51.9 Å². The molecule has 6 heteroatoms. The maximum atomic E-state index is 12.6. The van der Waals surface area contributed by atoms with Crippen molar-refractivity contribution in [2.75, 3.05) is 13.7 Å². The zero-order valence-corrected chi connectivity index (χ0v) is 14.6. The van der Waals surface area contributed by atoms with Crippen LogP contribution in [0.4, 0.5) is 0 Å². The Hall–Kier alpha value is -1.14. The van der Waals surface area contributed by atoms with Gasteiger partial charge in [-0.2, -0.15) is 0 Å². The molecule has 2 heterocycles. The summed E-state index contributed by atoms with van der Waals surface area (Å²) in [5, 5.41) is 0. The fourth-order valence-corrected chi connectivity index (χ4v) is 4.58. The smallest absolute Gasteiger partial charge is 0.309 e. The largest absolute Gasteiger partial charge is 0.469 e. The summed E-state index contributed by atoms with van der Waals surface area (Å²) in [6, 6.07) is 0. The fraction of sp³-hybridized carbons (Fsp3) is 0.889. The molecule has 2 saturated carbocycles. The number of carbonyl (C=O) groups excluding carboxylic acids is 2. The monoisotopic (exact) mass is 338 g/mol. The van der Waals surface area contributed by atoms with Crippen LogP contribution in [0.15, 0.2) is 0 Å². The minimum Gasteiger partial charge on any atom is -0.469 e. The van der Waals surface area contributed by atoms with Crippen molar-refractivity contribution in [1.82, 2.24) is 0 Å². The molecule has 6 unspecified atom stereocenters. The maximum Gasteiger partial charge on any atom is 0.309 e. The molecular formula is C18H26O6. The van der Waals surface area contributed by atoms with Crippen molar-refractivity contribution in [3.05, 3.63) is 0 Å². The zero-order valence-electron chi connectivity index (χ0n) is 14.6. The highest BCUT2D eigenvalue weighted by molar-refractivity contribution is 5.82. The van der Waals surface area contributed by atoms with Crippen LogP contribution in [-0.4, -0.2) is 49.1 Å². The van der Waals surface area contributed by atoms with E-state index < -0.39 is 11.8 Å². The molecule has 24 heavy (non-hydrogen) atoms. The molecule has 4 fully saturated rings. The number of ether oxygens (including phenoxy) is 4. The molecule has 2 aliphatic carbocycles. The van der Waals surface area contributed by atoms with Crippen molar-refractivity contribution >= 4 is 11.9 Å². The number of carbonyl (C=O) groups is 2. The molecule has 0 aromatic heterocycles. The third-order valence-corrected chi connectivity index (χ3v) is 6.51. The van der Waals surface area contributed by atoms with Gasteiger partial charge in [0, 0.05) is 0 Å². The van der Waals surface area contributed by atoms with E-state index in [0.717, 1.165) is 19.3 Å². The summed E-state index contributed by atoms with van der Waals surface area (Å²) in [5.41, 5.74) is -0.194.